The minimum absolute atomic E-state index is 0.0417. The molecule has 1 saturated heterocycles. The van der Waals surface area contributed by atoms with Gasteiger partial charge in [0.15, 0.2) is 0 Å². The van der Waals surface area contributed by atoms with Crippen LogP contribution < -0.4 is 10.1 Å². The van der Waals surface area contributed by atoms with E-state index in [0.29, 0.717) is 69.3 Å². The summed E-state index contributed by atoms with van der Waals surface area (Å²) in [5.41, 5.74) is 1.13. The molecule has 1 fully saturated rings. The molecule has 2 aromatic heterocycles. The number of carbonyl (C=O) groups excluding carboxylic acids is 1. The van der Waals surface area contributed by atoms with E-state index in [1.54, 1.807) is 29.3 Å². The Balaban J connectivity index is 1.56. The first-order valence-corrected chi connectivity index (χ1v) is 10.7. The molecule has 0 aliphatic carbocycles. The summed E-state index contributed by atoms with van der Waals surface area (Å²) in [6.07, 6.45) is 5.77. The molecule has 3 aromatic rings. The van der Waals surface area contributed by atoms with Crippen LogP contribution in [0.1, 0.15) is 12.8 Å². The molecular weight excluding hydrogens is 461 g/mol. The van der Waals surface area contributed by atoms with Crippen molar-refractivity contribution in [2.24, 2.45) is 0 Å². The molecule has 1 aliphatic rings. The number of fused-ring (bicyclic) bond motifs is 1. The molecule has 1 amide bonds. The van der Waals surface area contributed by atoms with Crippen molar-refractivity contribution in [3.63, 3.8) is 0 Å². The van der Waals surface area contributed by atoms with Gasteiger partial charge in [-0.2, -0.15) is 0 Å². The van der Waals surface area contributed by atoms with Crippen LogP contribution in [0.25, 0.3) is 10.9 Å². The van der Waals surface area contributed by atoms with Crippen LogP contribution in [0.15, 0.2) is 43.4 Å². The smallest absolute Gasteiger partial charge is 0.245 e. The Hall–Kier alpha value is -2.61. The molecule has 7 nitrogen and oxygen atoms in total. The first-order valence-electron chi connectivity index (χ1n) is 9.55. The van der Waals surface area contributed by atoms with Gasteiger partial charge in [0.2, 0.25) is 11.8 Å². The van der Waals surface area contributed by atoms with Crippen LogP contribution in [0.5, 0.6) is 5.88 Å². The molecule has 0 spiro atoms. The van der Waals surface area contributed by atoms with Gasteiger partial charge >= 0.3 is 0 Å². The quantitative estimate of drug-likeness (QED) is 0.502. The van der Waals surface area contributed by atoms with Gasteiger partial charge in [0.25, 0.3) is 0 Å². The van der Waals surface area contributed by atoms with Gasteiger partial charge in [0, 0.05) is 42.4 Å². The topological polar surface area (TPSA) is 80.2 Å². The zero-order valence-corrected chi connectivity index (χ0v) is 18.6. The second kappa shape index (κ2) is 9.26. The number of halogens is 3. The molecule has 4 rings (SSSR count). The lowest BCUT2D eigenvalue weighted by atomic mass is 10.1. The van der Waals surface area contributed by atoms with Gasteiger partial charge in [-0.3, -0.25) is 4.79 Å². The minimum Gasteiger partial charge on any atom is -0.474 e. The van der Waals surface area contributed by atoms with Gasteiger partial charge in [-0.15, -0.1) is 0 Å². The predicted octanol–water partition coefficient (Wildman–Crippen LogP) is 5.28. The molecule has 160 valence electrons. The number of benzene rings is 1. The molecule has 1 aliphatic heterocycles. The summed E-state index contributed by atoms with van der Waals surface area (Å²) >= 11 is 18.6. The molecule has 0 bridgehead atoms. The van der Waals surface area contributed by atoms with E-state index in [1.165, 1.54) is 12.4 Å². The molecular formula is C21H18Cl3N5O2. The number of likely N-dealkylation sites (tertiary alicyclic amines) is 1. The van der Waals surface area contributed by atoms with E-state index in [9.17, 15) is 4.79 Å². The third kappa shape index (κ3) is 4.84. The van der Waals surface area contributed by atoms with Gasteiger partial charge in [-0.1, -0.05) is 41.4 Å². The highest BCUT2D eigenvalue weighted by Gasteiger charge is 2.23. The molecule has 1 aromatic carbocycles. The Labute approximate surface area is 194 Å². The van der Waals surface area contributed by atoms with Gasteiger partial charge < -0.3 is 15.0 Å². The van der Waals surface area contributed by atoms with E-state index >= 15 is 0 Å². The summed E-state index contributed by atoms with van der Waals surface area (Å²) < 4.78 is 6.07. The first-order chi connectivity index (χ1) is 14.9. The fourth-order valence-electron chi connectivity index (χ4n) is 3.38. The number of pyridine rings is 1. The van der Waals surface area contributed by atoms with Gasteiger partial charge in [-0.05, 0) is 18.2 Å². The van der Waals surface area contributed by atoms with Crippen molar-refractivity contribution in [1.29, 1.82) is 0 Å². The van der Waals surface area contributed by atoms with Crippen molar-refractivity contribution < 1.29 is 9.53 Å². The normalized spacial score (nSPS) is 14.5. The Bertz CT molecular complexity index is 1130. The second-order valence-corrected chi connectivity index (χ2v) is 8.23. The van der Waals surface area contributed by atoms with E-state index in [-0.39, 0.29) is 12.0 Å². The highest BCUT2D eigenvalue weighted by Crippen LogP contribution is 2.36. The molecule has 31 heavy (non-hydrogen) atoms. The van der Waals surface area contributed by atoms with E-state index in [1.807, 2.05) is 0 Å². The fraction of sp³-hybridized carbons (Fsp3) is 0.238. The van der Waals surface area contributed by atoms with Crippen LogP contribution in [0.3, 0.4) is 0 Å². The molecule has 10 heteroatoms. The highest BCUT2D eigenvalue weighted by molar-refractivity contribution is 6.42. The van der Waals surface area contributed by atoms with Crippen molar-refractivity contribution >= 4 is 63.1 Å². The van der Waals surface area contributed by atoms with Gasteiger partial charge in [0.1, 0.15) is 18.2 Å². The van der Waals surface area contributed by atoms with Crippen LogP contribution in [-0.2, 0) is 4.79 Å². The number of amides is 1. The van der Waals surface area contributed by atoms with E-state index < -0.39 is 0 Å². The SMILES string of the molecule is C=CC(=O)N1CCC(Oc2cc3c(Nc4c(Cl)cc(Cl)cc4Cl)ncnc3cn2)CC1. The number of carbonyl (C=O) groups is 1. The van der Waals surface area contributed by atoms with Crippen LogP contribution in [0.4, 0.5) is 11.5 Å². The maximum Gasteiger partial charge on any atom is 0.245 e. The summed E-state index contributed by atoms with van der Waals surface area (Å²) in [6.45, 7) is 4.77. The average molecular weight is 479 g/mol. The lowest BCUT2D eigenvalue weighted by molar-refractivity contribution is -0.127. The zero-order valence-electron chi connectivity index (χ0n) is 16.3. The summed E-state index contributed by atoms with van der Waals surface area (Å²) in [6, 6.07) is 4.97. The van der Waals surface area contributed by atoms with E-state index in [4.69, 9.17) is 39.5 Å². The molecule has 0 atom stereocenters. The molecule has 3 heterocycles. The van der Waals surface area contributed by atoms with Crippen LogP contribution in [-0.4, -0.2) is 45.0 Å². The Morgan fingerprint density at radius 1 is 1.13 bits per heavy atom. The van der Waals surface area contributed by atoms with Crippen molar-refractivity contribution in [3.8, 4) is 5.88 Å². The number of nitrogens with zero attached hydrogens (tertiary/aromatic N) is 4. The minimum atomic E-state index is -0.0605. The summed E-state index contributed by atoms with van der Waals surface area (Å²) in [4.78, 5) is 26.4. The Kier molecular flexibility index (Phi) is 6.46. The Morgan fingerprint density at radius 3 is 2.52 bits per heavy atom. The summed E-state index contributed by atoms with van der Waals surface area (Å²) in [5.74, 6) is 0.900. The fourth-order valence-corrected chi connectivity index (χ4v) is 4.29. The number of nitrogens with one attached hydrogen (secondary N) is 1. The monoisotopic (exact) mass is 477 g/mol. The summed E-state index contributed by atoms with van der Waals surface area (Å²) in [5, 5.41) is 5.04. The maximum absolute atomic E-state index is 11.7. The predicted molar refractivity (Wildman–Crippen MR) is 123 cm³/mol. The highest BCUT2D eigenvalue weighted by atomic mass is 35.5. The van der Waals surface area contributed by atoms with Crippen molar-refractivity contribution in [3.05, 3.63) is 58.4 Å². The number of aromatic nitrogens is 3. The molecule has 0 unspecified atom stereocenters. The standard InChI is InChI=1S/C21H18Cl3N5O2/c1-2-19(30)29-5-3-13(4-6-29)31-18-9-14-17(10-25-18)26-11-27-21(14)28-20-15(23)7-12(22)8-16(20)24/h2,7-11,13H,1,3-6H2,(H,26,27,28). The van der Waals surface area contributed by atoms with E-state index in [0.717, 1.165) is 0 Å². The van der Waals surface area contributed by atoms with Gasteiger partial charge in [-0.25, -0.2) is 15.0 Å². The number of piperidine rings is 1. The van der Waals surface area contributed by atoms with E-state index in [2.05, 4.69) is 26.8 Å². The lowest BCUT2D eigenvalue weighted by Crippen LogP contribution is -2.41. The maximum atomic E-state index is 11.7. The lowest BCUT2D eigenvalue weighted by Gasteiger charge is -2.31. The second-order valence-electron chi connectivity index (χ2n) is 6.98. The zero-order chi connectivity index (χ0) is 22.0. The number of hydrogen-bond acceptors (Lipinski definition) is 6. The first kappa shape index (κ1) is 21.6. The third-order valence-corrected chi connectivity index (χ3v) is 5.78. The number of ether oxygens (including phenoxy) is 1. The van der Waals surface area contributed by atoms with Crippen molar-refractivity contribution in [2.45, 2.75) is 18.9 Å². The number of anilines is 2. The number of hydrogen-bond donors (Lipinski definition) is 1. The molecule has 1 N–H and O–H groups in total. The molecule has 0 saturated carbocycles. The van der Waals surface area contributed by atoms with Crippen molar-refractivity contribution in [2.75, 3.05) is 18.4 Å². The van der Waals surface area contributed by atoms with Crippen LogP contribution in [0, 0.1) is 0 Å². The van der Waals surface area contributed by atoms with Crippen LogP contribution >= 0.6 is 34.8 Å². The van der Waals surface area contributed by atoms with Crippen LogP contribution in [0.2, 0.25) is 15.1 Å². The Morgan fingerprint density at radius 2 is 1.84 bits per heavy atom. The van der Waals surface area contributed by atoms with Gasteiger partial charge in [0.05, 0.1) is 27.4 Å². The molecule has 0 radical (unpaired) electrons. The third-order valence-electron chi connectivity index (χ3n) is 4.96. The van der Waals surface area contributed by atoms with Crippen molar-refractivity contribution in [1.82, 2.24) is 19.9 Å². The number of rotatable bonds is 5. The average Bonchev–Trinajstić information content (AvgIpc) is 2.76. The largest absolute Gasteiger partial charge is 0.474 e. The summed E-state index contributed by atoms with van der Waals surface area (Å²) in [7, 11) is 0.